The summed E-state index contributed by atoms with van der Waals surface area (Å²) in [6, 6.07) is 7.46. The number of carbonyl (C=O) groups is 2. The minimum Gasteiger partial charge on any atom is -0.490 e. The summed E-state index contributed by atoms with van der Waals surface area (Å²) in [5.41, 5.74) is 0. The Kier molecular flexibility index (Phi) is 6.90. The van der Waals surface area contributed by atoms with E-state index < -0.39 is 11.9 Å². The zero-order valence-electron chi connectivity index (χ0n) is 14.1. The fourth-order valence-electron chi connectivity index (χ4n) is 2.81. The first kappa shape index (κ1) is 18.1. The van der Waals surface area contributed by atoms with Crippen LogP contribution >= 0.6 is 0 Å². The maximum atomic E-state index is 12.2. The number of hydrogen-bond donors (Lipinski definition) is 1. The van der Waals surface area contributed by atoms with Crippen molar-refractivity contribution in [2.24, 2.45) is 5.92 Å². The average Bonchev–Trinajstić information content (AvgIpc) is 2.60. The van der Waals surface area contributed by atoms with Gasteiger partial charge in [0.2, 0.25) is 5.91 Å². The minimum atomic E-state index is -0.816. The fourth-order valence-corrected chi connectivity index (χ4v) is 2.81. The van der Waals surface area contributed by atoms with Crippen LogP contribution in [0.5, 0.6) is 11.5 Å². The molecule has 0 spiro atoms. The van der Waals surface area contributed by atoms with Crippen LogP contribution in [-0.4, -0.2) is 48.2 Å². The summed E-state index contributed by atoms with van der Waals surface area (Å²) in [6.45, 7) is 3.88. The fraction of sp³-hybridized carbons (Fsp3) is 0.556. The number of carboxylic acids is 1. The van der Waals surface area contributed by atoms with E-state index in [2.05, 4.69) is 0 Å². The summed E-state index contributed by atoms with van der Waals surface area (Å²) >= 11 is 0. The van der Waals surface area contributed by atoms with Gasteiger partial charge < -0.3 is 19.5 Å². The molecule has 1 aromatic carbocycles. The number of nitrogens with zero attached hydrogens (tertiary/aromatic N) is 1. The predicted octanol–water partition coefficient (Wildman–Crippen LogP) is 2.57. The number of ether oxygens (including phenoxy) is 2. The molecule has 1 fully saturated rings. The molecule has 1 aliphatic heterocycles. The number of rotatable bonds is 8. The first-order valence-electron chi connectivity index (χ1n) is 8.47. The first-order chi connectivity index (χ1) is 11.6. The van der Waals surface area contributed by atoms with Gasteiger partial charge in [0.15, 0.2) is 11.5 Å². The number of amides is 1. The monoisotopic (exact) mass is 335 g/mol. The number of carbonyl (C=O) groups excluding carboxylic acids is 1. The third-order valence-corrected chi connectivity index (χ3v) is 4.06. The van der Waals surface area contributed by atoms with Crippen molar-refractivity contribution in [2.45, 2.75) is 32.6 Å². The lowest BCUT2D eigenvalue weighted by atomic mass is 9.98. The van der Waals surface area contributed by atoms with Crippen LogP contribution in [0.25, 0.3) is 0 Å². The molecule has 1 N–H and O–H groups in total. The lowest BCUT2D eigenvalue weighted by Gasteiger charge is -2.30. The first-order valence-corrected chi connectivity index (χ1v) is 8.47. The average molecular weight is 335 g/mol. The molecule has 0 bridgehead atoms. The molecule has 24 heavy (non-hydrogen) atoms. The molecule has 0 radical (unpaired) electrons. The Bertz CT molecular complexity index is 560. The number of likely N-dealkylation sites (tertiary alicyclic amines) is 1. The Morgan fingerprint density at radius 1 is 1.25 bits per heavy atom. The maximum Gasteiger partial charge on any atom is 0.308 e. The zero-order chi connectivity index (χ0) is 17.4. The molecule has 1 saturated heterocycles. The minimum absolute atomic E-state index is 0.00245. The number of piperidine rings is 1. The van der Waals surface area contributed by atoms with Gasteiger partial charge in [-0.3, -0.25) is 9.59 Å². The third kappa shape index (κ3) is 5.15. The number of aliphatic carboxylic acids is 1. The van der Waals surface area contributed by atoms with Crippen molar-refractivity contribution in [1.82, 2.24) is 4.90 Å². The van der Waals surface area contributed by atoms with Crippen LogP contribution in [0.2, 0.25) is 0 Å². The summed E-state index contributed by atoms with van der Waals surface area (Å²) in [7, 11) is 0. The van der Waals surface area contributed by atoms with Crippen molar-refractivity contribution in [3.63, 3.8) is 0 Å². The second-order valence-corrected chi connectivity index (χ2v) is 5.85. The van der Waals surface area contributed by atoms with Crippen molar-refractivity contribution < 1.29 is 24.2 Å². The Balaban J connectivity index is 1.74. The second-order valence-electron chi connectivity index (χ2n) is 5.85. The van der Waals surface area contributed by atoms with Gasteiger partial charge in [0, 0.05) is 19.5 Å². The van der Waals surface area contributed by atoms with Crippen LogP contribution in [0.3, 0.4) is 0 Å². The smallest absolute Gasteiger partial charge is 0.308 e. The molecule has 1 aromatic rings. The van der Waals surface area contributed by atoms with E-state index in [0.29, 0.717) is 57.1 Å². The van der Waals surface area contributed by atoms with Gasteiger partial charge in [0.1, 0.15) is 0 Å². The van der Waals surface area contributed by atoms with E-state index in [-0.39, 0.29) is 5.91 Å². The quantitative estimate of drug-likeness (QED) is 0.739. The number of benzene rings is 1. The van der Waals surface area contributed by atoms with Gasteiger partial charge in [-0.2, -0.15) is 0 Å². The number of hydrogen-bond acceptors (Lipinski definition) is 4. The van der Waals surface area contributed by atoms with Crippen LogP contribution in [0.15, 0.2) is 24.3 Å². The van der Waals surface area contributed by atoms with E-state index in [1.807, 2.05) is 31.2 Å². The second kappa shape index (κ2) is 9.15. The van der Waals surface area contributed by atoms with E-state index in [4.69, 9.17) is 14.6 Å². The normalized spacial score (nSPS) is 17.4. The summed E-state index contributed by atoms with van der Waals surface area (Å²) < 4.78 is 11.2. The summed E-state index contributed by atoms with van der Waals surface area (Å²) in [4.78, 5) is 24.9. The van der Waals surface area contributed by atoms with Gasteiger partial charge in [-0.15, -0.1) is 0 Å². The standard InChI is InChI=1S/C18H25NO5/c1-2-23-15-8-3-4-9-16(15)24-12-6-10-17(20)19-11-5-7-14(13-19)18(21)22/h3-4,8-9,14H,2,5-7,10-13H2,1H3,(H,21,22)/t14-/m0/s1. The van der Waals surface area contributed by atoms with Crippen LogP contribution in [-0.2, 0) is 9.59 Å². The molecule has 6 heteroatoms. The van der Waals surface area contributed by atoms with Crippen molar-refractivity contribution in [3.05, 3.63) is 24.3 Å². The van der Waals surface area contributed by atoms with Crippen LogP contribution in [0, 0.1) is 5.92 Å². The highest BCUT2D eigenvalue weighted by Gasteiger charge is 2.27. The van der Waals surface area contributed by atoms with Gasteiger partial charge in [0.05, 0.1) is 19.1 Å². The van der Waals surface area contributed by atoms with Crippen LogP contribution in [0.4, 0.5) is 0 Å². The van der Waals surface area contributed by atoms with Gasteiger partial charge in [-0.05, 0) is 38.3 Å². The van der Waals surface area contributed by atoms with Crippen molar-refractivity contribution in [1.29, 1.82) is 0 Å². The van der Waals surface area contributed by atoms with E-state index >= 15 is 0 Å². The lowest BCUT2D eigenvalue weighted by Crippen LogP contribution is -2.42. The molecule has 6 nitrogen and oxygen atoms in total. The molecule has 2 rings (SSSR count). The zero-order valence-corrected chi connectivity index (χ0v) is 14.1. The van der Waals surface area contributed by atoms with Crippen molar-refractivity contribution >= 4 is 11.9 Å². The Hall–Kier alpha value is -2.24. The molecule has 1 heterocycles. The molecule has 1 amide bonds. The lowest BCUT2D eigenvalue weighted by molar-refractivity contribution is -0.145. The molecule has 0 unspecified atom stereocenters. The Morgan fingerprint density at radius 3 is 2.62 bits per heavy atom. The molecule has 1 atom stereocenters. The molecule has 0 aromatic heterocycles. The van der Waals surface area contributed by atoms with Gasteiger partial charge in [0.25, 0.3) is 0 Å². The predicted molar refractivity (Wildman–Crippen MR) is 89.3 cm³/mol. The van der Waals surface area contributed by atoms with Crippen molar-refractivity contribution in [2.75, 3.05) is 26.3 Å². The van der Waals surface area contributed by atoms with Gasteiger partial charge in [-0.25, -0.2) is 0 Å². The Morgan fingerprint density at radius 2 is 1.96 bits per heavy atom. The summed E-state index contributed by atoms with van der Waals surface area (Å²) in [5.74, 6) is 0.130. The molecular formula is C18H25NO5. The van der Waals surface area contributed by atoms with Crippen molar-refractivity contribution in [3.8, 4) is 11.5 Å². The summed E-state index contributed by atoms with van der Waals surface area (Å²) in [6.07, 6.45) is 2.36. The molecule has 1 aliphatic rings. The SMILES string of the molecule is CCOc1ccccc1OCCCC(=O)N1CCC[C@H](C(=O)O)C1. The number of para-hydroxylation sites is 2. The molecule has 132 valence electrons. The number of carboxylic acid groups (broad SMARTS) is 1. The van der Waals surface area contributed by atoms with E-state index in [1.54, 1.807) is 4.90 Å². The summed E-state index contributed by atoms with van der Waals surface area (Å²) in [5, 5.41) is 9.08. The maximum absolute atomic E-state index is 12.2. The molecular weight excluding hydrogens is 310 g/mol. The highest BCUT2D eigenvalue weighted by molar-refractivity contribution is 5.78. The highest BCUT2D eigenvalue weighted by atomic mass is 16.5. The highest BCUT2D eigenvalue weighted by Crippen LogP contribution is 2.26. The molecule has 0 saturated carbocycles. The van der Waals surface area contributed by atoms with E-state index in [9.17, 15) is 9.59 Å². The topological polar surface area (TPSA) is 76.1 Å². The molecule has 0 aliphatic carbocycles. The van der Waals surface area contributed by atoms with E-state index in [0.717, 1.165) is 6.42 Å². The van der Waals surface area contributed by atoms with Gasteiger partial charge >= 0.3 is 5.97 Å². The largest absolute Gasteiger partial charge is 0.490 e. The van der Waals surface area contributed by atoms with E-state index in [1.165, 1.54) is 0 Å². The van der Waals surface area contributed by atoms with Crippen LogP contribution < -0.4 is 9.47 Å². The van der Waals surface area contributed by atoms with Crippen LogP contribution in [0.1, 0.15) is 32.6 Å². The van der Waals surface area contributed by atoms with Gasteiger partial charge in [-0.1, -0.05) is 12.1 Å². The Labute approximate surface area is 142 Å². The third-order valence-electron chi connectivity index (χ3n) is 4.06.